The van der Waals surface area contributed by atoms with E-state index < -0.39 is 0 Å². The number of rotatable bonds is 7. The Kier molecular flexibility index (Phi) is 6.00. The highest BCUT2D eigenvalue weighted by Crippen LogP contribution is 2.19. The summed E-state index contributed by atoms with van der Waals surface area (Å²) < 4.78 is 5.71. The SMILES string of the molecule is CCCC(Br)C(=O)c1ccc(OCc2ccccc2)cc1. The van der Waals surface area contributed by atoms with Gasteiger partial charge in [-0.25, -0.2) is 0 Å². The lowest BCUT2D eigenvalue weighted by molar-refractivity contribution is 0.0988. The summed E-state index contributed by atoms with van der Waals surface area (Å²) >= 11 is 3.44. The van der Waals surface area contributed by atoms with E-state index in [9.17, 15) is 4.79 Å². The molecule has 0 heterocycles. The molecule has 0 radical (unpaired) electrons. The first kappa shape index (κ1) is 15.8. The van der Waals surface area contributed by atoms with E-state index in [1.54, 1.807) is 0 Å². The summed E-state index contributed by atoms with van der Waals surface area (Å²) in [6.07, 6.45) is 1.84. The van der Waals surface area contributed by atoms with Crippen LogP contribution in [-0.4, -0.2) is 10.6 Å². The van der Waals surface area contributed by atoms with Crippen molar-refractivity contribution in [2.24, 2.45) is 0 Å². The monoisotopic (exact) mass is 346 g/mol. The van der Waals surface area contributed by atoms with Crippen LogP contribution in [0.25, 0.3) is 0 Å². The Bertz CT molecular complexity index is 564. The number of carbonyl (C=O) groups excluding carboxylic acids is 1. The van der Waals surface area contributed by atoms with Gasteiger partial charge in [0.25, 0.3) is 0 Å². The molecule has 0 aromatic heterocycles. The maximum absolute atomic E-state index is 12.1. The maximum Gasteiger partial charge on any atom is 0.176 e. The topological polar surface area (TPSA) is 26.3 Å². The zero-order chi connectivity index (χ0) is 15.1. The third-order valence-corrected chi connectivity index (χ3v) is 4.09. The molecule has 0 aliphatic rings. The third kappa shape index (κ3) is 4.71. The third-order valence-electron chi connectivity index (χ3n) is 3.21. The molecule has 3 heteroatoms. The lowest BCUT2D eigenvalue weighted by Crippen LogP contribution is -2.13. The predicted octanol–water partition coefficient (Wildman–Crippen LogP) is 5.01. The molecule has 0 spiro atoms. The van der Waals surface area contributed by atoms with Crippen molar-refractivity contribution in [2.45, 2.75) is 31.2 Å². The molecule has 0 saturated heterocycles. The molecule has 0 fully saturated rings. The molecule has 1 unspecified atom stereocenters. The van der Waals surface area contributed by atoms with Gasteiger partial charge in [-0.1, -0.05) is 59.6 Å². The van der Waals surface area contributed by atoms with Crippen LogP contribution in [0.4, 0.5) is 0 Å². The number of ether oxygens (including phenoxy) is 1. The number of benzene rings is 2. The maximum atomic E-state index is 12.1. The molecule has 0 bridgehead atoms. The predicted molar refractivity (Wildman–Crippen MR) is 89.2 cm³/mol. The second kappa shape index (κ2) is 7.99. The number of hydrogen-bond donors (Lipinski definition) is 0. The summed E-state index contributed by atoms with van der Waals surface area (Å²) in [5.74, 6) is 0.906. The minimum Gasteiger partial charge on any atom is -0.489 e. The van der Waals surface area contributed by atoms with Gasteiger partial charge in [0.05, 0.1) is 4.83 Å². The van der Waals surface area contributed by atoms with E-state index in [-0.39, 0.29) is 10.6 Å². The lowest BCUT2D eigenvalue weighted by Gasteiger charge is -2.09. The van der Waals surface area contributed by atoms with Crippen molar-refractivity contribution < 1.29 is 9.53 Å². The van der Waals surface area contributed by atoms with Crippen LogP contribution in [0.2, 0.25) is 0 Å². The minimum absolute atomic E-state index is 0.0985. The Balaban J connectivity index is 1.94. The average molecular weight is 347 g/mol. The number of Topliss-reactive ketones (excluding diaryl/α,β-unsaturated/α-hetero) is 1. The van der Waals surface area contributed by atoms with Gasteiger partial charge in [0.1, 0.15) is 12.4 Å². The minimum atomic E-state index is -0.0985. The van der Waals surface area contributed by atoms with Crippen LogP contribution in [0.3, 0.4) is 0 Å². The first-order valence-corrected chi connectivity index (χ1v) is 8.07. The van der Waals surface area contributed by atoms with Crippen LogP contribution in [-0.2, 0) is 6.61 Å². The molecule has 1 atom stereocenters. The Morgan fingerprint density at radius 2 is 1.76 bits per heavy atom. The summed E-state index contributed by atoms with van der Waals surface area (Å²) in [7, 11) is 0. The van der Waals surface area contributed by atoms with Gasteiger partial charge in [-0.2, -0.15) is 0 Å². The van der Waals surface area contributed by atoms with E-state index in [4.69, 9.17) is 4.74 Å². The molecule has 0 N–H and O–H groups in total. The van der Waals surface area contributed by atoms with Crippen molar-refractivity contribution in [3.8, 4) is 5.75 Å². The van der Waals surface area contributed by atoms with Crippen LogP contribution in [0.15, 0.2) is 54.6 Å². The molecule has 2 rings (SSSR count). The van der Waals surface area contributed by atoms with Crippen molar-refractivity contribution in [2.75, 3.05) is 0 Å². The van der Waals surface area contributed by atoms with Crippen molar-refractivity contribution in [3.63, 3.8) is 0 Å². The number of ketones is 1. The Hall–Kier alpha value is -1.61. The number of carbonyl (C=O) groups is 1. The van der Waals surface area contributed by atoms with Gasteiger partial charge in [0, 0.05) is 5.56 Å². The first-order chi connectivity index (χ1) is 10.2. The van der Waals surface area contributed by atoms with Gasteiger partial charge in [-0.05, 0) is 36.2 Å². The lowest BCUT2D eigenvalue weighted by atomic mass is 10.1. The summed E-state index contributed by atoms with van der Waals surface area (Å²) in [4.78, 5) is 12.0. The fraction of sp³-hybridized carbons (Fsp3) is 0.278. The molecule has 0 amide bonds. The van der Waals surface area contributed by atoms with Crippen LogP contribution in [0, 0.1) is 0 Å². The van der Waals surface area contributed by atoms with E-state index in [0.717, 1.165) is 29.7 Å². The summed E-state index contributed by atoms with van der Waals surface area (Å²) in [5.41, 5.74) is 1.85. The van der Waals surface area contributed by atoms with E-state index in [0.29, 0.717) is 6.61 Å². The quantitative estimate of drug-likeness (QED) is 0.520. The van der Waals surface area contributed by atoms with E-state index in [1.807, 2.05) is 54.6 Å². The fourth-order valence-corrected chi connectivity index (χ4v) is 2.74. The molecular weight excluding hydrogens is 328 g/mol. The van der Waals surface area contributed by atoms with Crippen molar-refractivity contribution in [1.82, 2.24) is 0 Å². The summed E-state index contributed by atoms with van der Waals surface area (Å²) in [5, 5.41) is 0. The highest BCUT2D eigenvalue weighted by atomic mass is 79.9. The number of alkyl halides is 1. The van der Waals surface area contributed by atoms with Crippen LogP contribution < -0.4 is 4.74 Å². The van der Waals surface area contributed by atoms with Gasteiger partial charge in [-0.15, -0.1) is 0 Å². The normalized spacial score (nSPS) is 11.9. The van der Waals surface area contributed by atoms with E-state index in [1.165, 1.54) is 0 Å². The fourth-order valence-electron chi connectivity index (χ4n) is 2.02. The van der Waals surface area contributed by atoms with Crippen molar-refractivity contribution in [1.29, 1.82) is 0 Å². The second-order valence-electron chi connectivity index (χ2n) is 4.92. The Morgan fingerprint density at radius 1 is 1.10 bits per heavy atom. The van der Waals surface area contributed by atoms with Gasteiger partial charge in [0.2, 0.25) is 0 Å². The molecule has 0 saturated carbocycles. The smallest absolute Gasteiger partial charge is 0.176 e. The van der Waals surface area contributed by atoms with Gasteiger partial charge >= 0.3 is 0 Å². The molecule has 21 heavy (non-hydrogen) atoms. The van der Waals surface area contributed by atoms with Gasteiger partial charge < -0.3 is 4.74 Å². The average Bonchev–Trinajstić information content (AvgIpc) is 2.54. The van der Waals surface area contributed by atoms with E-state index in [2.05, 4.69) is 22.9 Å². The standard InChI is InChI=1S/C18H19BrO2/c1-2-6-17(19)18(20)15-9-11-16(12-10-15)21-13-14-7-4-3-5-8-14/h3-5,7-12,17H,2,6,13H2,1H3. The molecule has 2 aromatic rings. The highest BCUT2D eigenvalue weighted by molar-refractivity contribution is 9.10. The highest BCUT2D eigenvalue weighted by Gasteiger charge is 2.15. The second-order valence-corrected chi connectivity index (χ2v) is 6.02. The summed E-state index contributed by atoms with van der Waals surface area (Å²) in [6, 6.07) is 17.4. The number of hydrogen-bond acceptors (Lipinski definition) is 2. The number of halogens is 1. The zero-order valence-corrected chi connectivity index (χ0v) is 13.7. The zero-order valence-electron chi connectivity index (χ0n) is 12.1. The summed E-state index contributed by atoms with van der Waals surface area (Å²) in [6.45, 7) is 2.60. The van der Waals surface area contributed by atoms with Crippen molar-refractivity contribution >= 4 is 21.7 Å². The van der Waals surface area contributed by atoms with Crippen LogP contribution in [0.1, 0.15) is 35.7 Å². The molecule has 110 valence electrons. The Morgan fingerprint density at radius 3 is 2.38 bits per heavy atom. The molecule has 2 aromatic carbocycles. The van der Waals surface area contributed by atoms with Crippen LogP contribution >= 0.6 is 15.9 Å². The molecule has 0 aliphatic heterocycles. The first-order valence-electron chi connectivity index (χ1n) is 7.15. The Labute approximate surface area is 134 Å². The van der Waals surface area contributed by atoms with Gasteiger partial charge in [-0.3, -0.25) is 4.79 Å². The van der Waals surface area contributed by atoms with E-state index >= 15 is 0 Å². The molecule has 2 nitrogen and oxygen atoms in total. The van der Waals surface area contributed by atoms with Gasteiger partial charge in [0.15, 0.2) is 5.78 Å². The molecular formula is C18H19BrO2. The largest absolute Gasteiger partial charge is 0.489 e. The molecule has 0 aliphatic carbocycles. The van der Waals surface area contributed by atoms with Crippen molar-refractivity contribution in [3.05, 3.63) is 65.7 Å². The van der Waals surface area contributed by atoms with Crippen LogP contribution in [0.5, 0.6) is 5.75 Å².